The van der Waals surface area contributed by atoms with E-state index in [1.807, 2.05) is 0 Å². The van der Waals surface area contributed by atoms with Gasteiger partial charge in [-0.1, -0.05) is 6.07 Å². The molecule has 0 fully saturated rings. The first-order valence-electron chi connectivity index (χ1n) is 7.05. The predicted octanol–water partition coefficient (Wildman–Crippen LogP) is 2.70. The van der Waals surface area contributed by atoms with Crippen molar-refractivity contribution in [2.45, 2.75) is 4.90 Å². The van der Waals surface area contributed by atoms with Gasteiger partial charge in [-0.2, -0.15) is 0 Å². The fourth-order valence-corrected chi connectivity index (χ4v) is 2.79. The van der Waals surface area contributed by atoms with Gasteiger partial charge in [0.1, 0.15) is 0 Å². The Labute approximate surface area is 143 Å². The first-order chi connectivity index (χ1) is 11.5. The highest BCUT2D eigenvalue weighted by molar-refractivity contribution is 7.84. The summed E-state index contributed by atoms with van der Waals surface area (Å²) < 4.78 is 27.4. The van der Waals surface area contributed by atoms with Crippen LogP contribution in [0.3, 0.4) is 0 Å². The van der Waals surface area contributed by atoms with E-state index in [9.17, 15) is 9.00 Å². The zero-order valence-corrected chi connectivity index (χ0v) is 14.7. The first-order valence-corrected chi connectivity index (χ1v) is 8.61. The van der Waals surface area contributed by atoms with Gasteiger partial charge in [0.2, 0.25) is 5.75 Å². The molecule has 6 nitrogen and oxygen atoms in total. The van der Waals surface area contributed by atoms with Crippen LogP contribution in [0.4, 0.5) is 5.69 Å². The highest BCUT2D eigenvalue weighted by Crippen LogP contribution is 2.39. The maximum Gasteiger partial charge on any atom is 0.259 e. The van der Waals surface area contributed by atoms with Crippen LogP contribution in [0.2, 0.25) is 0 Å². The highest BCUT2D eigenvalue weighted by atomic mass is 32.2. The molecular weight excluding hydrogens is 330 g/mol. The summed E-state index contributed by atoms with van der Waals surface area (Å²) in [6.45, 7) is 0. The van der Waals surface area contributed by atoms with Crippen molar-refractivity contribution in [2.24, 2.45) is 0 Å². The van der Waals surface area contributed by atoms with Gasteiger partial charge in [0, 0.05) is 27.6 Å². The molecule has 0 aliphatic heterocycles. The van der Waals surface area contributed by atoms with E-state index >= 15 is 0 Å². The molecule has 0 bridgehead atoms. The summed E-state index contributed by atoms with van der Waals surface area (Å²) in [7, 11) is 3.31. The van der Waals surface area contributed by atoms with Crippen LogP contribution in [0.5, 0.6) is 17.2 Å². The Morgan fingerprint density at radius 1 is 1.00 bits per heavy atom. The van der Waals surface area contributed by atoms with E-state index in [0.717, 1.165) is 0 Å². The van der Waals surface area contributed by atoms with Gasteiger partial charge in [0.05, 0.1) is 26.9 Å². The molecule has 0 spiro atoms. The average Bonchev–Trinajstić information content (AvgIpc) is 2.60. The molecule has 0 heterocycles. The van der Waals surface area contributed by atoms with Crippen molar-refractivity contribution < 1.29 is 23.2 Å². The van der Waals surface area contributed by atoms with Crippen molar-refractivity contribution >= 4 is 22.4 Å². The van der Waals surface area contributed by atoms with Gasteiger partial charge in [-0.3, -0.25) is 9.00 Å². The fourth-order valence-electron chi connectivity index (χ4n) is 2.23. The molecule has 0 saturated carbocycles. The SMILES string of the molecule is COc1ccc(C(=O)Nc2cccc([S@](C)=O)c2)c(OC)c1OC. The van der Waals surface area contributed by atoms with Crippen LogP contribution in [-0.4, -0.2) is 37.7 Å². The Hall–Kier alpha value is -2.54. The molecule has 0 aliphatic rings. The molecule has 2 aromatic carbocycles. The Kier molecular flexibility index (Phi) is 5.81. The van der Waals surface area contributed by atoms with Gasteiger partial charge < -0.3 is 19.5 Å². The second kappa shape index (κ2) is 7.83. The Morgan fingerprint density at radius 3 is 2.29 bits per heavy atom. The standard InChI is InChI=1S/C17H19NO5S/c1-21-14-9-8-13(15(22-2)16(14)23-3)17(19)18-11-6-5-7-12(10-11)24(4)20/h5-10H,1-4H3,(H,18,19)/t24-/m0/s1. The lowest BCUT2D eigenvalue weighted by molar-refractivity contribution is 0.102. The van der Waals surface area contributed by atoms with Crippen molar-refractivity contribution in [3.8, 4) is 17.2 Å². The van der Waals surface area contributed by atoms with Gasteiger partial charge in [-0.25, -0.2) is 0 Å². The molecule has 0 unspecified atom stereocenters. The van der Waals surface area contributed by atoms with E-state index in [4.69, 9.17) is 14.2 Å². The van der Waals surface area contributed by atoms with Crippen LogP contribution in [0.15, 0.2) is 41.3 Å². The van der Waals surface area contributed by atoms with Gasteiger partial charge >= 0.3 is 0 Å². The zero-order chi connectivity index (χ0) is 17.7. The van der Waals surface area contributed by atoms with E-state index in [1.54, 1.807) is 42.7 Å². The number of amides is 1. The molecule has 1 atom stereocenters. The number of methoxy groups -OCH3 is 3. The van der Waals surface area contributed by atoms with Gasteiger partial charge in [0.15, 0.2) is 11.5 Å². The van der Waals surface area contributed by atoms with Crippen LogP contribution < -0.4 is 19.5 Å². The molecule has 2 aromatic rings. The second-order valence-electron chi connectivity index (χ2n) is 4.82. The monoisotopic (exact) mass is 349 g/mol. The summed E-state index contributed by atoms with van der Waals surface area (Å²) in [5, 5.41) is 2.77. The van der Waals surface area contributed by atoms with E-state index in [-0.39, 0.29) is 11.7 Å². The molecule has 7 heteroatoms. The number of carbonyl (C=O) groups is 1. The molecular formula is C17H19NO5S. The first kappa shape index (κ1) is 17.8. The third-order valence-electron chi connectivity index (χ3n) is 3.37. The van der Waals surface area contributed by atoms with Crippen LogP contribution >= 0.6 is 0 Å². The number of carbonyl (C=O) groups excluding carboxylic acids is 1. The summed E-state index contributed by atoms with van der Waals surface area (Å²) in [6, 6.07) is 10.1. The molecule has 2 rings (SSSR count). The van der Waals surface area contributed by atoms with E-state index in [1.165, 1.54) is 21.3 Å². The topological polar surface area (TPSA) is 73.9 Å². The highest BCUT2D eigenvalue weighted by Gasteiger charge is 2.20. The van der Waals surface area contributed by atoms with Gasteiger partial charge in [-0.15, -0.1) is 0 Å². The van der Waals surface area contributed by atoms with Gasteiger partial charge in [0.25, 0.3) is 5.91 Å². The molecule has 24 heavy (non-hydrogen) atoms. The number of anilines is 1. The smallest absolute Gasteiger partial charge is 0.259 e. The quantitative estimate of drug-likeness (QED) is 0.868. The van der Waals surface area contributed by atoms with E-state index < -0.39 is 10.8 Å². The molecule has 0 saturated heterocycles. The summed E-state index contributed by atoms with van der Waals surface area (Å²) >= 11 is 0. The van der Waals surface area contributed by atoms with Crippen molar-refractivity contribution in [1.82, 2.24) is 0 Å². The maximum atomic E-state index is 12.6. The Bertz CT molecular complexity index is 776. The Morgan fingerprint density at radius 2 is 1.71 bits per heavy atom. The molecule has 128 valence electrons. The predicted molar refractivity (Wildman–Crippen MR) is 92.8 cm³/mol. The molecule has 0 aliphatic carbocycles. The minimum atomic E-state index is -1.13. The zero-order valence-electron chi connectivity index (χ0n) is 13.9. The lowest BCUT2D eigenvalue weighted by Crippen LogP contribution is -2.14. The number of nitrogens with one attached hydrogen (secondary N) is 1. The summed E-state index contributed by atoms with van der Waals surface area (Å²) in [4.78, 5) is 13.2. The third-order valence-corrected chi connectivity index (χ3v) is 4.29. The minimum absolute atomic E-state index is 0.282. The molecule has 0 aromatic heterocycles. The van der Waals surface area contributed by atoms with E-state index in [2.05, 4.69) is 5.32 Å². The minimum Gasteiger partial charge on any atom is -0.493 e. The van der Waals surface area contributed by atoms with Crippen LogP contribution in [0.25, 0.3) is 0 Å². The fraction of sp³-hybridized carbons (Fsp3) is 0.235. The largest absolute Gasteiger partial charge is 0.493 e. The van der Waals surface area contributed by atoms with Crippen LogP contribution in [-0.2, 0) is 10.8 Å². The van der Waals surface area contributed by atoms with Gasteiger partial charge in [-0.05, 0) is 30.3 Å². The maximum absolute atomic E-state index is 12.6. The van der Waals surface area contributed by atoms with Crippen molar-refractivity contribution in [1.29, 1.82) is 0 Å². The molecule has 1 amide bonds. The lowest BCUT2D eigenvalue weighted by atomic mass is 10.1. The third kappa shape index (κ3) is 3.68. The summed E-state index contributed by atoms with van der Waals surface area (Å²) in [5.41, 5.74) is 0.850. The van der Waals surface area contributed by atoms with Crippen molar-refractivity contribution in [3.05, 3.63) is 42.0 Å². The van der Waals surface area contributed by atoms with Crippen molar-refractivity contribution in [3.63, 3.8) is 0 Å². The number of hydrogen-bond acceptors (Lipinski definition) is 5. The van der Waals surface area contributed by atoms with Crippen molar-refractivity contribution in [2.75, 3.05) is 32.9 Å². The Balaban J connectivity index is 2.36. The number of hydrogen-bond donors (Lipinski definition) is 1. The second-order valence-corrected chi connectivity index (χ2v) is 6.20. The lowest BCUT2D eigenvalue weighted by Gasteiger charge is -2.15. The van der Waals surface area contributed by atoms with Crippen LogP contribution in [0, 0.1) is 0 Å². The average molecular weight is 349 g/mol. The summed E-state index contributed by atoms with van der Waals surface area (Å²) in [5.74, 6) is 0.724. The molecule has 0 radical (unpaired) electrons. The van der Waals surface area contributed by atoms with E-state index in [0.29, 0.717) is 27.6 Å². The summed E-state index contributed by atoms with van der Waals surface area (Å²) in [6.07, 6.45) is 1.58. The normalized spacial score (nSPS) is 11.5. The number of ether oxygens (including phenoxy) is 3. The van der Waals surface area contributed by atoms with Crippen LogP contribution in [0.1, 0.15) is 10.4 Å². The number of rotatable bonds is 6. The number of benzene rings is 2. The molecule has 1 N–H and O–H groups in total.